The fourth-order valence-corrected chi connectivity index (χ4v) is 2.12. The zero-order valence-electron chi connectivity index (χ0n) is 10.0. The lowest BCUT2D eigenvalue weighted by Gasteiger charge is -2.19. The summed E-state index contributed by atoms with van der Waals surface area (Å²) in [5.74, 6) is -7.66. The van der Waals surface area contributed by atoms with Gasteiger partial charge < -0.3 is 4.74 Å². The van der Waals surface area contributed by atoms with Gasteiger partial charge in [-0.1, -0.05) is 25.7 Å². The highest BCUT2D eigenvalue weighted by molar-refractivity contribution is 6.06. The van der Waals surface area contributed by atoms with Gasteiger partial charge in [0.05, 0.1) is 6.61 Å². The molecule has 1 saturated carbocycles. The molecule has 0 aromatic heterocycles. The van der Waals surface area contributed by atoms with Gasteiger partial charge in [-0.05, 0) is 19.8 Å². The molecule has 1 fully saturated rings. The molecule has 0 spiro atoms. The van der Waals surface area contributed by atoms with Gasteiger partial charge in [0.1, 0.15) is 0 Å². The summed E-state index contributed by atoms with van der Waals surface area (Å²) in [7, 11) is 0. The molecule has 0 aromatic rings. The van der Waals surface area contributed by atoms with Crippen LogP contribution in [0.25, 0.3) is 0 Å². The van der Waals surface area contributed by atoms with Crippen molar-refractivity contribution >= 4 is 11.8 Å². The summed E-state index contributed by atoms with van der Waals surface area (Å²) in [6, 6.07) is 0. The van der Waals surface area contributed by atoms with Crippen LogP contribution in [-0.2, 0) is 14.3 Å². The van der Waals surface area contributed by atoms with Crippen LogP contribution >= 0.6 is 0 Å². The maximum absolute atomic E-state index is 13.5. The van der Waals surface area contributed by atoms with Crippen molar-refractivity contribution in [1.29, 1.82) is 0 Å². The van der Waals surface area contributed by atoms with E-state index in [0.717, 1.165) is 25.7 Å². The van der Waals surface area contributed by atoms with E-state index in [1.54, 1.807) is 0 Å². The molecule has 0 aliphatic heterocycles. The molecule has 1 aliphatic rings. The molecule has 17 heavy (non-hydrogen) atoms. The molecule has 1 aliphatic carbocycles. The Kier molecular flexibility index (Phi) is 5.02. The first-order valence-corrected chi connectivity index (χ1v) is 6.09. The first kappa shape index (κ1) is 14.1. The minimum absolute atomic E-state index is 0.146. The van der Waals surface area contributed by atoms with Crippen LogP contribution in [0.4, 0.5) is 8.78 Å². The van der Waals surface area contributed by atoms with E-state index in [0.29, 0.717) is 12.8 Å². The predicted molar refractivity (Wildman–Crippen MR) is 57.8 cm³/mol. The van der Waals surface area contributed by atoms with Gasteiger partial charge in [-0.3, -0.25) is 4.79 Å². The maximum atomic E-state index is 13.5. The molecule has 0 radical (unpaired) electrons. The summed E-state index contributed by atoms with van der Waals surface area (Å²) < 4.78 is 31.2. The Morgan fingerprint density at radius 2 is 1.71 bits per heavy atom. The molecule has 0 bridgehead atoms. The highest BCUT2D eigenvalue weighted by Crippen LogP contribution is 2.30. The Morgan fingerprint density at radius 3 is 2.18 bits per heavy atom. The summed E-state index contributed by atoms with van der Waals surface area (Å²) >= 11 is 0. The zero-order valence-corrected chi connectivity index (χ0v) is 10.0. The number of Topliss-reactive ketones (excluding diaryl/α,β-unsaturated/α-hetero) is 1. The lowest BCUT2D eigenvalue weighted by Crippen LogP contribution is -2.43. The van der Waals surface area contributed by atoms with Crippen molar-refractivity contribution in [1.82, 2.24) is 0 Å². The van der Waals surface area contributed by atoms with Crippen LogP contribution in [0.5, 0.6) is 0 Å². The van der Waals surface area contributed by atoms with Crippen LogP contribution in [0.3, 0.4) is 0 Å². The standard InChI is InChI=1S/C12H18F2O3/c1-2-17-11(16)12(13,14)10(15)9-7-5-3-4-6-8-9/h9H,2-8H2,1H3. The average Bonchev–Trinajstić information content (AvgIpc) is 2.56. The average molecular weight is 248 g/mol. The van der Waals surface area contributed by atoms with E-state index in [1.807, 2.05) is 0 Å². The smallest absolute Gasteiger partial charge is 0.400 e. The number of alkyl halides is 2. The minimum atomic E-state index is -3.98. The van der Waals surface area contributed by atoms with Crippen LogP contribution < -0.4 is 0 Å². The van der Waals surface area contributed by atoms with Gasteiger partial charge >= 0.3 is 11.9 Å². The topological polar surface area (TPSA) is 43.4 Å². The van der Waals surface area contributed by atoms with E-state index in [4.69, 9.17) is 0 Å². The molecule has 5 heteroatoms. The normalized spacial score (nSPS) is 18.5. The highest BCUT2D eigenvalue weighted by atomic mass is 19.3. The monoisotopic (exact) mass is 248 g/mol. The molecule has 0 N–H and O–H groups in total. The lowest BCUT2D eigenvalue weighted by molar-refractivity contribution is -0.178. The van der Waals surface area contributed by atoms with Crippen LogP contribution in [-0.4, -0.2) is 24.3 Å². The summed E-state index contributed by atoms with van der Waals surface area (Å²) in [6.45, 7) is 1.29. The van der Waals surface area contributed by atoms with Crippen LogP contribution in [0.2, 0.25) is 0 Å². The zero-order chi connectivity index (χ0) is 12.9. The predicted octanol–water partition coefficient (Wildman–Crippen LogP) is 2.72. The number of carbonyl (C=O) groups is 2. The van der Waals surface area contributed by atoms with Crippen molar-refractivity contribution in [3.8, 4) is 0 Å². The molecular formula is C12H18F2O3. The van der Waals surface area contributed by atoms with E-state index in [9.17, 15) is 18.4 Å². The van der Waals surface area contributed by atoms with Gasteiger partial charge in [0.25, 0.3) is 0 Å². The summed E-state index contributed by atoms with van der Waals surface area (Å²) in [5, 5.41) is 0. The lowest BCUT2D eigenvalue weighted by atomic mass is 9.92. The van der Waals surface area contributed by atoms with Gasteiger partial charge in [0, 0.05) is 5.92 Å². The van der Waals surface area contributed by atoms with Gasteiger partial charge in [-0.25, -0.2) is 4.79 Å². The summed E-state index contributed by atoms with van der Waals surface area (Å²) in [6.07, 6.45) is 4.38. The summed E-state index contributed by atoms with van der Waals surface area (Å²) in [5.41, 5.74) is 0. The Labute approximate surface area is 99.5 Å². The van der Waals surface area contributed by atoms with Crippen molar-refractivity contribution in [3.05, 3.63) is 0 Å². The highest BCUT2D eigenvalue weighted by Gasteiger charge is 2.51. The second-order valence-electron chi connectivity index (χ2n) is 4.35. The summed E-state index contributed by atoms with van der Waals surface area (Å²) in [4.78, 5) is 22.7. The molecule has 0 heterocycles. The number of hydrogen-bond acceptors (Lipinski definition) is 3. The quantitative estimate of drug-likeness (QED) is 0.436. The number of carbonyl (C=O) groups excluding carboxylic acids is 2. The molecule has 0 aromatic carbocycles. The number of esters is 1. The van der Waals surface area contributed by atoms with E-state index in [1.165, 1.54) is 6.92 Å². The third kappa shape index (κ3) is 3.48. The van der Waals surface area contributed by atoms with E-state index in [2.05, 4.69) is 4.74 Å². The van der Waals surface area contributed by atoms with Gasteiger partial charge in [0.2, 0.25) is 5.78 Å². The van der Waals surface area contributed by atoms with Crippen LogP contribution in [0.15, 0.2) is 0 Å². The molecule has 3 nitrogen and oxygen atoms in total. The largest absolute Gasteiger partial charge is 0.461 e. The van der Waals surface area contributed by atoms with Gasteiger partial charge in [-0.2, -0.15) is 8.78 Å². The molecule has 98 valence electrons. The van der Waals surface area contributed by atoms with E-state index >= 15 is 0 Å². The first-order chi connectivity index (χ1) is 8.00. The number of halogens is 2. The van der Waals surface area contributed by atoms with Gasteiger partial charge in [-0.15, -0.1) is 0 Å². The van der Waals surface area contributed by atoms with Crippen molar-refractivity contribution in [2.24, 2.45) is 5.92 Å². The Balaban J connectivity index is 2.68. The Bertz CT molecular complexity index is 281. The van der Waals surface area contributed by atoms with E-state index in [-0.39, 0.29) is 6.61 Å². The fraction of sp³-hybridized carbons (Fsp3) is 0.833. The number of ether oxygens (including phenoxy) is 1. The number of rotatable bonds is 4. The molecule has 0 amide bonds. The molecule has 0 saturated heterocycles. The molecule has 1 rings (SSSR count). The first-order valence-electron chi connectivity index (χ1n) is 6.09. The molecular weight excluding hydrogens is 230 g/mol. The van der Waals surface area contributed by atoms with Crippen molar-refractivity contribution in [2.45, 2.75) is 51.4 Å². The fourth-order valence-electron chi connectivity index (χ4n) is 2.12. The Hall–Kier alpha value is -1.00. The van der Waals surface area contributed by atoms with Crippen LogP contribution in [0, 0.1) is 5.92 Å². The van der Waals surface area contributed by atoms with Crippen molar-refractivity contribution in [3.63, 3.8) is 0 Å². The molecule has 0 atom stereocenters. The van der Waals surface area contributed by atoms with Crippen LogP contribution in [0.1, 0.15) is 45.4 Å². The van der Waals surface area contributed by atoms with Crippen molar-refractivity contribution < 1.29 is 23.1 Å². The number of ketones is 1. The Morgan fingerprint density at radius 1 is 1.18 bits per heavy atom. The maximum Gasteiger partial charge on any atom is 0.400 e. The second kappa shape index (κ2) is 6.07. The molecule has 0 unspecified atom stereocenters. The van der Waals surface area contributed by atoms with Crippen molar-refractivity contribution in [2.75, 3.05) is 6.61 Å². The second-order valence-corrected chi connectivity index (χ2v) is 4.35. The third-order valence-corrected chi connectivity index (χ3v) is 3.07. The number of hydrogen-bond donors (Lipinski definition) is 0. The van der Waals surface area contributed by atoms with Gasteiger partial charge in [0.15, 0.2) is 0 Å². The SMILES string of the molecule is CCOC(=O)C(F)(F)C(=O)C1CCCCCC1. The van der Waals surface area contributed by atoms with E-state index < -0.39 is 23.6 Å². The minimum Gasteiger partial charge on any atom is -0.461 e. The third-order valence-electron chi connectivity index (χ3n) is 3.07.